The lowest BCUT2D eigenvalue weighted by atomic mass is 10.2. The Morgan fingerprint density at radius 2 is 2.00 bits per heavy atom. The maximum absolute atomic E-state index is 12.6. The SMILES string of the molecule is Cc1nnc(-c2cn(C)nc2C(F)(F)F)o1. The smallest absolute Gasteiger partial charge is 0.421 e. The van der Waals surface area contributed by atoms with E-state index in [1.54, 1.807) is 0 Å². The average Bonchev–Trinajstić information content (AvgIpc) is 2.70. The molecule has 0 atom stereocenters. The van der Waals surface area contributed by atoms with Crippen molar-refractivity contribution in [2.75, 3.05) is 0 Å². The minimum Gasteiger partial charge on any atom is -0.421 e. The summed E-state index contributed by atoms with van der Waals surface area (Å²) in [7, 11) is 1.39. The van der Waals surface area contributed by atoms with Gasteiger partial charge in [0.05, 0.1) is 5.56 Å². The molecular weight excluding hydrogens is 225 g/mol. The van der Waals surface area contributed by atoms with E-state index in [2.05, 4.69) is 15.3 Å². The van der Waals surface area contributed by atoms with Crippen LogP contribution in [0.4, 0.5) is 13.2 Å². The molecule has 0 unspecified atom stereocenters. The van der Waals surface area contributed by atoms with Crippen molar-refractivity contribution in [1.29, 1.82) is 0 Å². The summed E-state index contributed by atoms with van der Waals surface area (Å²) in [5.41, 5.74) is -1.24. The number of hydrogen-bond acceptors (Lipinski definition) is 4. The van der Waals surface area contributed by atoms with Gasteiger partial charge in [0.25, 0.3) is 5.89 Å². The maximum Gasteiger partial charge on any atom is 0.435 e. The van der Waals surface area contributed by atoms with Crippen molar-refractivity contribution in [3.05, 3.63) is 17.8 Å². The van der Waals surface area contributed by atoms with Gasteiger partial charge in [-0.3, -0.25) is 4.68 Å². The van der Waals surface area contributed by atoms with Crippen molar-refractivity contribution < 1.29 is 17.6 Å². The lowest BCUT2D eigenvalue weighted by Gasteiger charge is -2.02. The second-order valence-corrected chi connectivity index (χ2v) is 3.19. The summed E-state index contributed by atoms with van der Waals surface area (Å²) < 4.78 is 43.8. The molecular formula is C8H7F3N4O. The molecule has 0 spiro atoms. The summed E-state index contributed by atoms with van der Waals surface area (Å²) in [5.74, 6) is 0.0184. The largest absolute Gasteiger partial charge is 0.435 e. The molecule has 86 valence electrons. The van der Waals surface area contributed by atoms with Gasteiger partial charge in [-0.25, -0.2) is 0 Å². The summed E-state index contributed by atoms with van der Waals surface area (Å²) in [4.78, 5) is 0. The average molecular weight is 232 g/mol. The van der Waals surface area contributed by atoms with Crippen LogP contribution in [0.25, 0.3) is 11.5 Å². The van der Waals surface area contributed by atoms with Gasteiger partial charge in [-0.05, 0) is 0 Å². The number of hydrogen-bond donors (Lipinski definition) is 0. The summed E-state index contributed by atoms with van der Waals surface area (Å²) in [6.45, 7) is 1.50. The summed E-state index contributed by atoms with van der Waals surface area (Å²) in [6.07, 6.45) is -3.35. The summed E-state index contributed by atoms with van der Waals surface area (Å²) in [5, 5.41) is 10.3. The lowest BCUT2D eigenvalue weighted by molar-refractivity contribution is -0.141. The molecule has 0 fully saturated rings. The first-order valence-corrected chi connectivity index (χ1v) is 4.29. The van der Waals surface area contributed by atoms with E-state index in [4.69, 9.17) is 4.42 Å². The molecule has 0 aliphatic carbocycles. The fourth-order valence-electron chi connectivity index (χ4n) is 1.26. The van der Waals surface area contributed by atoms with E-state index in [1.807, 2.05) is 0 Å². The molecule has 5 nitrogen and oxygen atoms in total. The molecule has 2 aromatic heterocycles. The molecule has 8 heteroatoms. The third-order valence-corrected chi connectivity index (χ3v) is 1.85. The van der Waals surface area contributed by atoms with Crippen LogP contribution in [0, 0.1) is 6.92 Å². The first-order valence-electron chi connectivity index (χ1n) is 4.29. The van der Waals surface area contributed by atoms with Gasteiger partial charge in [0, 0.05) is 20.2 Å². The molecule has 0 saturated carbocycles. The van der Waals surface area contributed by atoms with Gasteiger partial charge < -0.3 is 4.42 Å². The zero-order valence-electron chi connectivity index (χ0n) is 8.41. The van der Waals surface area contributed by atoms with Crippen molar-refractivity contribution in [3.63, 3.8) is 0 Å². The van der Waals surface area contributed by atoms with Crippen LogP contribution in [-0.4, -0.2) is 20.0 Å². The van der Waals surface area contributed by atoms with Crippen LogP contribution >= 0.6 is 0 Å². The Kier molecular flexibility index (Phi) is 2.21. The number of aromatic nitrogens is 4. The second-order valence-electron chi connectivity index (χ2n) is 3.19. The Labute approximate surface area is 87.9 Å². The van der Waals surface area contributed by atoms with Gasteiger partial charge in [-0.2, -0.15) is 18.3 Å². The molecule has 2 aromatic rings. The second kappa shape index (κ2) is 3.32. The van der Waals surface area contributed by atoms with Crippen LogP contribution in [0.5, 0.6) is 0 Å². The molecule has 0 N–H and O–H groups in total. The predicted molar refractivity (Wildman–Crippen MR) is 46.2 cm³/mol. The van der Waals surface area contributed by atoms with Gasteiger partial charge >= 0.3 is 6.18 Å². The molecule has 0 aromatic carbocycles. The van der Waals surface area contributed by atoms with Crippen molar-refractivity contribution in [2.24, 2.45) is 7.05 Å². The topological polar surface area (TPSA) is 56.7 Å². The molecule has 0 aliphatic rings. The van der Waals surface area contributed by atoms with E-state index in [0.717, 1.165) is 4.68 Å². The maximum atomic E-state index is 12.6. The molecule has 16 heavy (non-hydrogen) atoms. The standard InChI is InChI=1S/C8H7F3N4O/c1-4-12-13-7(16-4)5-3-15(2)14-6(5)8(9,10)11/h3H,1-2H3. The van der Waals surface area contributed by atoms with Gasteiger partial charge in [0.2, 0.25) is 5.89 Å². The van der Waals surface area contributed by atoms with E-state index >= 15 is 0 Å². The number of rotatable bonds is 1. The zero-order chi connectivity index (χ0) is 11.9. The van der Waals surface area contributed by atoms with Crippen LogP contribution in [0.15, 0.2) is 10.6 Å². The van der Waals surface area contributed by atoms with E-state index in [0.29, 0.717) is 0 Å². The summed E-state index contributed by atoms with van der Waals surface area (Å²) in [6, 6.07) is 0. The molecule has 0 bridgehead atoms. The zero-order valence-corrected chi connectivity index (χ0v) is 8.41. The monoisotopic (exact) mass is 232 g/mol. The highest BCUT2D eigenvalue weighted by Gasteiger charge is 2.38. The fraction of sp³-hybridized carbons (Fsp3) is 0.375. The highest BCUT2D eigenvalue weighted by Crippen LogP contribution is 2.35. The minimum absolute atomic E-state index is 0.182. The highest BCUT2D eigenvalue weighted by atomic mass is 19.4. The Hall–Kier alpha value is -1.86. The van der Waals surface area contributed by atoms with Crippen molar-refractivity contribution in [2.45, 2.75) is 13.1 Å². The third-order valence-electron chi connectivity index (χ3n) is 1.85. The van der Waals surface area contributed by atoms with E-state index < -0.39 is 11.9 Å². The van der Waals surface area contributed by atoms with E-state index in [1.165, 1.54) is 20.2 Å². The van der Waals surface area contributed by atoms with Gasteiger partial charge in [-0.15, -0.1) is 10.2 Å². The molecule has 0 aliphatic heterocycles. The van der Waals surface area contributed by atoms with Crippen molar-refractivity contribution >= 4 is 0 Å². The third kappa shape index (κ3) is 1.77. The highest BCUT2D eigenvalue weighted by molar-refractivity contribution is 5.55. The van der Waals surface area contributed by atoms with Crippen LogP contribution in [-0.2, 0) is 13.2 Å². The summed E-state index contributed by atoms with van der Waals surface area (Å²) >= 11 is 0. The Balaban J connectivity index is 2.57. The van der Waals surface area contributed by atoms with Crippen LogP contribution in [0.3, 0.4) is 0 Å². The minimum atomic E-state index is -4.54. The predicted octanol–water partition coefficient (Wildman–Crippen LogP) is 1.80. The first kappa shape index (κ1) is 10.7. The quantitative estimate of drug-likeness (QED) is 0.752. The molecule has 0 radical (unpaired) electrons. The van der Waals surface area contributed by atoms with Crippen molar-refractivity contribution in [3.8, 4) is 11.5 Å². The van der Waals surface area contributed by atoms with Gasteiger partial charge in [-0.1, -0.05) is 0 Å². The normalized spacial score (nSPS) is 12.1. The number of alkyl halides is 3. The lowest BCUT2D eigenvalue weighted by Crippen LogP contribution is -2.08. The van der Waals surface area contributed by atoms with E-state index in [-0.39, 0.29) is 17.3 Å². The van der Waals surface area contributed by atoms with Gasteiger partial charge in [0.1, 0.15) is 0 Å². The van der Waals surface area contributed by atoms with Crippen LogP contribution in [0.2, 0.25) is 0 Å². The molecule has 2 heterocycles. The van der Waals surface area contributed by atoms with E-state index in [9.17, 15) is 13.2 Å². The van der Waals surface area contributed by atoms with Crippen LogP contribution < -0.4 is 0 Å². The Morgan fingerprint density at radius 3 is 2.50 bits per heavy atom. The Morgan fingerprint density at radius 1 is 1.31 bits per heavy atom. The molecule has 2 rings (SSSR count). The number of nitrogens with zero attached hydrogens (tertiary/aromatic N) is 4. The van der Waals surface area contributed by atoms with Crippen LogP contribution in [0.1, 0.15) is 11.6 Å². The molecule has 0 saturated heterocycles. The fourth-order valence-corrected chi connectivity index (χ4v) is 1.26. The number of halogens is 3. The Bertz CT molecular complexity index is 514. The first-order chi connectivity index (χ1) is 7.38. The molecule has 0 amide bonds. The van der Waals surface area contributed by atoms with Crippen molar-refractivity contribution in [1.82, 2.24) is 20.0 Å². The van der Waals surface area contributed by atoms with Gasteiger partial charge in [0.15, 0.2) is 5.69 Å². The number of aryl methyl sites for hydroxylation is 2.